The van der Waals surface area contributed by atoms with Crippen molar-refractivity contribution in [2.24, 2.45) is 4.99 Å². The molecule has 0 aliphatic carbocycles. The quantitative estimate of drug-likeness (QED) is 0.330. The van der Waals surface area contributed by atoms with Gasteiger partial charge in [-0.15, -0.1) is 35.3 Å². The molecule has 0 radical (unpaired) electrons. The van der Waals surface area contributed by atoms with Gasteiger partial charge in [0.1, 0.15) is 6.54 Å². The lowest BCUT2D eigenvalue weighted by Gasteiger charge is -2.11. The minimum atomic E-state index is -0.0941. The van der Waals surface area contributed by atoms with Gasteiger partial charge in [0.05, 0.1) is 6.54 Å². The van der Waals surface area contributed by atoms with Gasteiger partial charge in [0.15, 0.2) is 5.96 Å². The lowest BCUT2D eigenvalue weighted by molar-refractivity contribution is -0.119. The van der Waals surface area contributed by atoms with Crippen LogP contribution in [0.3, 0.4) is 0 Å². The lowest BCUT2D eigenvalue weighted by atomic mass is 10.2. The van der Waals surface area contributed by atoms with E-state index in [1.165, 1.54) is 10.4 Å². The van der Waals surface area contributed by atoms with Gasteiger partial charge in [-0.25, -0.2) is 4.99 Å². The average molecular weight is 472 g/mol. The third kappa shape index (κ3) is 7.87. The second kappa shape index (κ2) is 11.9. The summed E-state index contributed by atoms with van der Waals surface area (Å²) in [6, 6.07) is 11.9. The molecule has 0 aliphatic heterocycles. The molecule has 1 aromatic carbocycles. The lowest BCUT2D eigenvalue weighted by Crippen LogP contribution is -2.38. The standard InChI is InChI=1S/C18H24N4OS.HI/c1-3-19-18(21-12-16-14(2)9-10-24-16)22-13-17(23)20-11-15-7-5-4-6-8-15;/h4-10H,3,11-13H2,1-2H3,(H,20,23)(H2,19,21,22);1H. The van der Waals surface area contributed by atoms with E-state index in [1.807, 2.05) is 37.3 Å². The van der Waals surface area contributed by atoms with Crippen LogP contribution in [-0.2, 0) is 17.9 Å². The second-order valence-corrected chi connectivity index (χ2v) is 6.34. The zero-order chi connectivity index (χ0) is 17.2. The van der Waals surface area contributed by atoms with Gasteiger partial charge in [0.25, 0.3) is 0 Å². The van der Waals surface area contributed by atoms with E-state index in [4.69, 9.17) is 0 Å². The molecule has 7 heteroatoms. The van der Waals surface area contributed by atoms with Crippen molar-refractivity contribution in [1.29, 1.82) is 0 Å². The van der Waals surface area contributed by atoms with Crippen molar-refractivity contribution in [3.8, 4) is 0 Å². The number of carbonyl (C=O) groups is 1. The van der Waals surface area contributed by atoms with E-state index in [2.05, 4.69) is 39.3 Å². The largest absolute Gasteiger partial charge is 0.357 e. The first-order chi connectivity index (χ1) is 11.7. The molecule has 0 unspecified atom stereocenters. The fraction of sp³-hybridized carbons (Fsp3) is 0.333. The highest BCUT2D eigenvalue weighted by molar-refractivity contribution is 14.0. The monoisotopic (exact) mass is 472 g/mol. The third-order valence-electron chi connectivity index (χ3n) is 3.44. The van der Waals surface area contributed by atoms with Crippen LogP contribution in [0.25, 0.3) is 0 Å². The highest BCUT2D eigenvalue weighted by Gasteiger charge is 2.04. The summed E-state index contributed by atoms with van der Waals surface area (Å²) in [5, 5.41) is 11.4. The number of aryl methyl sites for hydroxylation is 1. The molecule has 3 N–H and O–H groups in total. The molecule has 0 saturated heterocycles. The van der Waals surface area contributed by atoms with Crippen LogP contribution >= 0.6 is 35.3 Å². The van der Waals surface area contributed by atoms with E-state index in [1.54, 1.807) is 11.3 Å². The Morgan fingerprint density at radius 2 is 1.84 bits per heavy atom. The molecule has 2 rings (SSSR count). The number of rotatable bonds is 7. The first-order valence-corrected chi connectivity index (χ1v) is 8.92. The molecule has 0 aliphatic rings. The number of carbonyl (C=O) groups excluding carboxylic acids is 1. The molecular weight excluding hydrogens is 447 g/mol. The number of amides is 1. The van der Waals surface area contributed by atoms with E-state index < -0.39 is 0 Å². The molecule has 0 spiro atoms. The Morgan fingerprint density at radius 3 is 2.48 bits per heavy atom. The van der Waals surface area contributed by atoms with Gasteiger partial charge in [-0.1, -0.05) is 30.3 Å². The number of aliphatic imine (C=N–C) groups is 1. The highest BCUT2D eigenvalue weighted by Crippen LogP contribution is 2.14. The summed E-state index contributed by atoms with van der Waals surface area (Å²) in [6.07, 6.45) is 0. The number of nitrogens with zero attached hydrogens (tertiary/aromatic N) is 1. The Balaban J connectivity index is 0.00000312. The Kier molecular flexibility index (Phi) is 10.2. The van der Waals surface area contributed by atoms with Gasteiger partial charge in [0, 0.05) is 18.0 Å². The van der Waals surface area contributed by atoms with Crippen LogP contribution in [0.5, 0.6) is 0 Å². The maximum Gasteiger partial charge on any atom is 0.242 e. The molecule has 2 aromatic rings. The first-order valence-electron chi connectivity index (χ1n) is 8.04. The van der Waals surface area contributed by atoms with Crippen molar-refractivity contribution >= 4 is 47.2 Å². The Bertz CT molecular complexity index is 673. The fourth-order valence-electron chi connectivity index (χ4n) is 2.09. The summed E-state index contributed by atoms with van der Waals surface area (Å²) < 4.78 is 0. The summed E-state index contributed by atoms with van der Waals surface area (Å²) in [5.74, 6) is 0.559. The van der Waals surface area contributed by atoms with Crippen LogP contribution in [-0.4, -0.2) is 25.0 Å². The van der Waals surface area contributed by atoms with E-state index in [-0.39, 0.29) is 36.4 Å². The maximum absolute atomic E-state index is 11.9. The van der Waals surface area contributed by atoms with Crippen molar-refractivity contribution in [3.63, 3.8) is 0 Å². The van der Waals surface area contributed by atoms with Crippen LogP contribution in [0.15, 0.2) is 46.8 Å². The van der Waals surface area contributed by atoms with E-state index >= 15 is 0 Å². The smallest absolute Gasteiger partial charge is 0.242 e. The summed E-state index contributed by atoms with van der Waals surface area (Å²) in [6.45, 7) is 6.18. The molecule has 136 valence electrons. The molecule has 5 nitrogen and oxygen atoms in total. The van der Waals surface area contributed by atoms with Crippen molar-refractivity contribution < 1.29 is 4.79 Å². The molecular formula is C18H25IN4OS. The van der Waals surface area contributed by atoms with E-state index in [0.29, 0.717) is 19.0 Å². The van der Waals surface area contributed by atoms with Crippen molar-refractivity contribution in [1.82, 2.24) is 16.0 Å². The first kappa shape index (κ1) is 21.4. The fourth-order valence-corrected chi connectivity index (χ4v) is 2.94. The SMILES string of the molecule is CCNC(=NCC(=O)NCc1ccccc1)NCc1sccc1C.I. The van der Waals surface area contributed by atoms with Gasteiger partial charge in [-0.05, 0) is 36.4 Å². The number of thiophene rings is 1. The van der Waals surface area contributed by atoms with Crippen molar-refractivity contribution in [3.05, 3.63) is 57.8 Å². The molecule has 0 bridgehead atoms. The van der Waals surface area contributed by atoms with Gasteiger partial charge in [-0.2, -0.15) is 0 Å². The molecule has 1 aromatic heterocycles. The zero-order valence-corrected chi connectivity index (χ0v) is 17.7. The Labute approximate surface area is 170 Å². The summed E-state index contributed by atoms with van der Waals surface area (Å²) >= 11 is 1.72. The van der Waals surface area contributed by atoms with Crippen molar-refractivity contribution in [2.75, 3.05) is 13.1 Å². The zero-order valence-electron chi connectivity index (χ0n) is 14.5. The van der Waals surface area contributed by atoms with Crippen LogP contribution < -0.4 is 16.0 Å². The summed E-state index contributed by atoms with van der Waals surface area (Å²) in [4.78, 5) is 17.6. The van der Waals surface area contributed by atoms with Crippen molar-refractivity contribution in [2.45, 2.75) is 26.9 Å². The molecule has 1 heterocycles. The van der Waals surface area contributed by atoms with Crippen LogP contribution in [0.1, 0.15) is 22.9 Å². The normalized spacial score (nSPS) is 10.7. The minimum absolute atomic E-state index is 0. The molecule has 1 amide bonds. The molecule has 0 atom stereocenters. The van der Waals surface area contributed by atoms with Gasteiger partial charge >= 0.3 is 0 Å². The number of halogens is 1. The number of benzene rings is 1. The summed E-state index contributed by atoms with van der Waals surface area (Å²) in [5.41, 5.74) is 2.34. The average Bonchev–Trinajstić information content (AvgIpc) is 3.01. The van der Waals surface area contributed by atoms with Gasteiger partial charge in [-0.3, -0.25) is 4.79 Å². The predicted molar refractivity (Wildman–Crippen MR) is 116 cm³/mol. The molecule has 0 fully saturated rings. The molecule has 25 heavy (non-hydrogen) atoms. The van der Waals surface area contributed by atoms with E-state index in [9.17, 15) is 4.79 Å². The maximum atomic E-state index is 11.9. The topological polar surface area (TPSA) is 65.5 Å². The summed E-state index contributed by atoms with van der Waals surface area (Å²) in [7, 11) is 0. The predicted octanol–water partition coefficient (Wildman–Crippen LogP) is 3.05. The number of guanidine groups is 1. The molecule has 0 saturated carbocycles. The van der Waals surface area contributed by atoms with Gasteiger partial charge in [0.2, 0.25) is 5.91 Å². The number of nitrogens with one attached hydrogen (secondary N) is 3. The number of hydrogen-bond donors (Lipinski definition) is 3. The second-order valence-electron chi connectivity index (χ2n) is 5.34. The van der Waals surface area contributed by atoms with Crippen LogP contribution in [0, 0.1) is 6.92 Å². The Hall–Kier alpha value is -1.61. The highest BCUT2D eigenvalue weighted by atomic mass is 127. The van der Waals surface area contributed by atoms with E-state index in [0.717, 1.165) is 12.1 Å². The van der Waals surface area contributed by atoms with Crippen LogP contribution in [0.4, 0.5) is 0 Å². The number of hydrogen-bond acceptors (Lipinski definition) is 3. The Morgan fingerprint density at radius 1 is 1.08 bits per heavy atom. The van der Waals surface area contributed by atoms with Gasteiger partial charge < -0.3 is 16.0 Å². The minimum Gasteiger partial charge on any atom is -0.357 e. The third-order valence-corrected chi connectivity index (χ3v) is 4.47. The van der Waals surface area contributed by atoms with Crippen LogP contribution in [0.2, 0.25) is 0 Å².